The molecule has 3 rings (SSSR count). The number of aryl methyl sites for hydroxylation is 1. The summed E-state index contributed by atoms with van der Waals surface area (Å²) >= 11 is 6.11. The molecule has 0 bridgehead atoms. The molecule has 1 heterocycles. The van der Waals surface area contributed by atoms with Crippen LogP contribution in [0.4, 0.5) is 10.5 Å². The third kappa shape index (κ3) is 4.03. The van der Waals surface area contributed by atoms with Gasteiger partial charge in [-0.15, -0.1) is 0 Å². The smallest absolute Gasteiger partial charge is 0.319 e. The maximum atomic E-state index is 12.1. The number of para-hydroxylation sites is 1. The zero-order valence-electron chi connectivity index (χ0n) is 14.2. The van der Waals surface area contributed by atoms with Crippen LogP contribution >= 0.6 is 11.6 Å². The van der Waals surface area contributed by atoms with Gasteiger partial charge in [-0.05, 0) is 55.8 Å². The zero-order valence-corrected chi connectivity index (χ0v) is 15.0. The van der Waals surface area contributed by atoms with Crippen LogP contribution in [0, 0.1) is 13.8 Å². The zero-order chi connectivity index (χ0) is 17.8. The van der Waals surface area contributed by atoms with E-state index in [-0.39, 0.29) is 6.03 Å². The molecule has 0 spiro atoms. The van der Waals surface area contributed by atoms with Crippen LogP contribution < -0.4 is 10.6 Å². The van der Waals surface area contributed by atoms with Gasteiger partial charge in [0.2, 0.25) is 0 Å². The van der Waals surface area contributed by atoms with Crippen LogP contribution in [0.1, 0.15) is 17.0 Å². The summed E-state index contributed by atoms with van der Waals surface area (Å²) in [6.07, 6.45) is 0. The van der Waals surface area contributed by atoms with Gasteiger partial charge in [0.1, 0.15) is 0 Å². The van der Waals surface area contributed by atoms with Crippen LogP contribution in [0.3, 0.4) is 0 Å². The van der Waals surface area contributed by atoms with E-state index in [0.29, 0.717) is 11.6 Å². The molecule has 1 aromatic heterocycles. The normalized spacial score (nSPS) is 10.5. The summed E-state index contributed by atoms with van der Waals surface area (Å²) in [6.45, 7) is 4.54. The molecule has 2 amide bonds. The number of halogens is 1. The first-order valence-corrected chi connectivity index (χ1v) is 8.46. The second-order valence-electron chi connectivity index (χ2n) is 5.89. The summed E-state index contributed by atoms with van der Waals surface area (Å²) in [5, 5.41) is 6.42. The van der Waals surface area contributed by atoms with Gasteiger partial charge in [-0.3, -0.25) is 0 Å². The SMILES string of the molecule is Cc1cc(CNC(=O)Nc2ccccc2)c(C)n1-c1cccc(Cl)c1. The fraction of sp³-hybridized carbons (Fsp3) is 0.150. The molecule has 4 nitrogen and oxygen atoms in total. The highest BCUT2D eigenvalue weighted by atomic mass is 35.5. The van der Waals surface area contributed by atoms with Gasteiger partial charge in [0.05, 0.1) is 0 Å². The molecular formula is C20H20ClN3O. The number of anilines is 1. The van der Waals surface area contributed by atoms with Crippen LogP contribution in [-0.4, -0.2) is 10.6 Å². The van der Waals surface area contributed by atoms with Gasteiger partial charge < -0.3 is 15.2 Å². The van der Waals surface area contributed by atoms with Crippen molar-refractivity contribution in [3.8, 4) is 5.69 Å². The van der Waals surface area contributed by atoms with Gasteiger partial charge in [0, 0.05) is 34.3 Å². The van der Waals surface area contributed by atoms with E-state index in [1.165, 1.54) is 0 Å². The van der Waals surface area contributed by atoms with Crippen molar-refractivity contribution in [1.82, 2.24) is 9.88 Å². The first kappa shape index (κ1) is 17.1. The number of nitrogens with zero attached hydrogens (tertiary/aromatic N) is 1. The number of nitrogens with one attached hydrogen (secondary N) is 2. The second kappa shape index (κ2) is 7.45. The molecule has 0 atom stereocenters. The van der Waals surface area contributed by atoms with Crippen LogP contribution in [-0.2, 0) is 6.54 Å². The molecule has 25 heavy (non-hydrogen) atoms. The number of amides is 2. The van der Waals surface area contributed by atoms with Crippen molar-refractivity contribution in [2.24, 2.45) is 0 Å². The molecule has 0 fully saturated rings. The van der Waals surface area contributed by atoms with E-state index in [2.05, 4.69) is 21.3 Å². The quantitative estimate of drug-likeness (QED) is 0.675. The Labute approximate surface area is 152 Å². The van der Waals surface area contributed by atoms with Crippen molar-refractivity contribution < 1.29 is 4.79 Å². The standard InChI is InChI=1S/C20H20ClN3O/c1-14-11-16(13-22-20(25)23-18-8-4-3-5-9-18)15(2)24(14)19-10-6-7-17(21)12-19/h3-12H,13H2,1-2H3,(H2,22,23,25). The Morgan fingerprint density at radius 3 is 2.52 bits per heavy atom. The first-order chi connectivity index (χ1) is 12.0. The fourth-order valence-corrected chi connectivity index (χ4v) is 3.08. The Kier molecular flexibility index (Phi) is 5.10. The van der Waals surface area contributed by atoms with Crippen molar-refractivity contribution in [1.29, 1.82) is 0 Å². The molecule has 2 N–H and O–H groups in total. The monoisotopic (exact) mass is 353 g/mol. The average Bonchev–Trinajstić information content (AvgIpc) is 2.88. The maximum Gasteiger partial charge on any atom is 0.319 e. The number of hydrogen-bond donors (Lipinski definition) is 2. The predicted octanol–water partition coefficient (Wildman–Crippen LogP) is 5.07. The third-order valence-electron chi connectivity index (χ3n) is 4.07. The minimum Gasteiger partial charge on any atom is -0.334 e. The van der Waals surface area contributed by atoms with Gasteiger partial charge in [-0.1, -0.05) is 35.9 Å². The number of carbonyl (C=O) groups excluding carboxylic acids is 1. The molecule has 0 aliphatic heterocycles. The number of hydrogen-bond acceptors (Lipinski definition) is 1. The maximum absolute atomic E-state index is 12.1. The molecule has 5 heteroatoms. The van der Waals surface area contributed by atoms with E-state index in [0.717, 1.165) is 28.3 Å². The van der Waals surface area contributed by atoms with Gasteiger partial charge >= 0.3 is 6.03 Å². The number of aromatic nitrogens is 1. The van der Waals surface area contributed by atoms with Crippen molar-refractivity contribution >= 4 is 23.3 Å². The molecule has 0 saturated carbocycles. The number of carbonyl (C=O) groups is 1. The lowest BCUT2D eigenvalue weighted by atomic mass is 10.2. The van der Waals surface area contributed by atoms with Crippen molar-refractivity contribution in [3.63, 3.8) is 0 Å². The summed E-state index contributed by atoms with van der Waals surface area (Å²) in [6, 6.07) is 19.0. The summed E-state index contributed by atoms with van der Waals surface area (Å²) in [5.74, 6) is 0. The van der Waals surface area contributed by atoms with E-state index >= 15 is 0 Å². The Morgan fingerprint density at radius 2 is 1.80 bits per heavy atom. The van der Waals surface area contributed by atoms with Gasteiger partial charge in [-0.2, -0.15) is 0 Å². The highest BCUT2D eigenvalue weighted by Gasteiger charge is 2.12. The predicted molar refractivity (Wildman–Crippen MR) is 103 cm³/mol. The Hall–Kier alpha value is -2.72. The number of rotatable bonds is 4. The van der Waals surface area contributed by atoms with E-state index < -0.39 is 0 Å². The van der Waals surface area contributed by atoms with E-state index in [4.69, 9.17) is 11.6 Å². The lowest BCUT2D eigenvalue weighted by Crippen LogP contribution is -2.28. The topological polar surface area (TPSA) is 46.1 Å². The lowest BCUT2D eigenvalue weighted by Gasteiger charge is -2.11. The summed E-state index contributed by atoms with van der Waals surface area (Å²) in [7, 11) is 0. The average molecular weight is 354 g/mol. The third-order valence-corrected chi connectivity index (χ3v) is 4.31. The van der Waals surface area contributed by atoms with E-state index in [1.54, 1.807) is 0 Å². The van der Waals surface area contributed by atoms with Crippen LogP contribution in [0.2, 0.25) is 5.02 Å². The number of urea groups is 1. The molecule has 0 unspecified atom stereocenters. The van der Waals surface area contributed by atoms with Gasteiger partial charge in [0.25, 0.3) is 0 Å². The van der Waals surface area contributed by atoms with Gasteiger partial charge in [0.15, 0.2) is 0 Å². The minimum atomic E-state index is -0.223. The Bertz CT molecular complexity index is 887. The minimum absolute atomic E-state index is 0.223. The van der Waals surface area contributed by atoms with Crippen molar-refractivity contribution in [3.05, 3.63) is 82.6 Å². The van der Waals surface area contributed by atoms with Gasteiger partial charge in [-0.25, -0.2) is 4.79 Å². The number of benzene rings is 2. The highest BCUT2D eigenvalue weighted by Crippen LogP contribution is 2.23. The van der Waals surface area contributed by atoms with Crippen LogP contribution in [0.25, 0.3) is 5.69 Å². The molecule has 0 radical (unpaired) electrons. The molecular weight excluding hydrogens is 334 g/mol. The molecule has 128 valence electrons. The fourth-order valence-electron chi connectivity index (χ4n) is 2.89. The Morgan fingerprint density at radius 1 is 1.04 bits per heavy atom. The molecule has 0 saturated heterocycles. The van der Waals surface area contributed by atoms with Crippen LogP contribution in [0.5, 0.6) is 0 Å². The van der Waals surface area contributed by atoms with Crippen molar-refractivity contribution in [2.45, 2.75) is 20.4 Å². The molecule has 2 aromatic carbocycles. The highest BCUT2D eigenvalue weighted by molar-refractivity contribution is 6.30. The van der Waals surface area contributed by atoms with Crippen molar-refractivity contribution in [2.75, 3.05) is 5.32 Å². The summed E-state index contributed by atoms with van der Waals surface area (Å²) < 4.78 is 2.14. The molecule has 0 aliphatic carbocycles. The largest absolute Gasteiger partial charge is 0.334 e. The first-order valence-electron chi connectivity index (χ1n) is 8.08. The lowest BCUT2D eigenvalue weighted by molar-refractivity contribution is 0.251. The second-order valence-corrected chi connectivity index (χ2v) is 6.32. The Balaban J connectivity index is 1.72. The molecule has 3 aromatic rings. The van der Waals surface area contributed by atoms with E-state index in [1.807, 2.05) is 68.4 Å². The molecule has 0 aliphatic rings. The summed E-state index contributed by atoms with van der Waals surface area (Å²) in [4.78, 5) is 12.1. The van der Waals surface area contributed by atoms with Crippen LogP contribution in [0.15, 0.2) is 60.7 Å². The summed E-state index contributed by atoms with van der Waals surface area (Å²) in [5.41, 5.74) is 5.03. The van der Waals surface area contributed by atoms with E-state index in [9.17, 15) is 4.79 Å².